The molecule has 0 unspecified atom stereocenters. The number of aliphatic hydroxyl groups excluding tert-OH is 1. The molecule has 7 atom stereocenters. The normalized spacial score (nSPS) is 29.4. The van der Waals surface area contributed by atoms with Crippen LogP contribution < -0.4 is 10.2 Å². The van der Waals surface area contributed by atoms with E-state index in [9.17, 15) is 19.5 Å². The summed E-state index contributed by atoms with van der Waals surface area (Å²) in [6.07, 6.45) is 7.09. The van der Waals surface area contributed by atoms with Gasteiger partial charge >= 0.3 is 5.97 Å². The first kappa shape index (κ1) is 33.7. The maximum Gasteiger partial charge on any atom is 0.306 e. The summed E-state index contributed by atoms with van der Waals surface area (Å²) < 4.78 is 12.2. The Morgan fingerprint density at radius 1 is 0.920 bits per heavy atom. The third-order valence-electron chi connectivity index (χ3n) is 10.1. The molecule has 0 aliphatic carbocycles. The molecule has 3 aromatic rings. The van der Waals surface area contributed by atoms with Crippen LogP contribution in [0.25, 0.3) is 0 Å². The van der Waals surface area contributed by atoms with Crippen LogP contribution in [-0.4, -0.2) is 77.2 Å². The maximum absolute atomic E-state index is 15.1. The second kappa shape index (κ2) is 14.2. The van der Waals surface area contributed by atoms with Crippen molar-refractivity contribution in [3.63, 3.8) is 0 Å². The minimum absolute atomic E-state index is 0.0998. The Morgan fingerprint density at radius 2 is 1.64 bits per heavy atom. The van der Waals surface area contributed by atoms with E-state index in [0.717, 1.165) is 11.1 Å². The van der Waals surface area contributed by atoms with E-state index in [1.165, 1.54) is 4.90 Å². The number of hydrogen-bond donors (Lipinski definition) is 2. The first-order chi connectivity index (χ1) is 24.3. The van der Waals surface area contributed by atoms with Crippen LogP contribution in [0.2, 0.25) is 5.02 Å². The molecular weight excluding hydrogens is 658 g/mol. The molecule has 5 bridgehead atoms. The van der Waals surface area contributed by atoms with Gasteiger partial charge in [0.1, 0.15) is 18.2 Å². The zero-order valence-electron chi connectivity index (χ0n) is 27.3. The molecule has 0 radical (unpaired) electrons. The number of halogens is 1. The van der Waals surface area contributed by atoms with E-state index in [-0.39, 0.29) is 26.0 Å². The highest BCUT2D eigenvalue weighted by molar-refractivity contribution is 6.30. The molecule has 10 nitrogen and oxygen atoms in total. The summed E-state index contributed by atoms with van der Waals surface area (Å²) in [7, 11) is 0. The fraction of sp³-hybridized carbons (Fsp3) is 0.333. The van der Waals surface area contributed by atoms with Crippen LogP contribution in [0, 0.1) is 11.8 Å². The van der Waals surface area contributed by atoms with Crippen LogP contribution in [0.15, 0.2) is 109 Å². The lowest BCUT2D eigenvalue weighted by atomic mass is 9.74. The van der Waals surface area contributed by atoms with Gasteiger partial charge in [-0.25, -0.2) is 0 Å². The summed E-state index contributed by atoms with van der Waals surface area (Å²) in [5, 5.41) is 14.4. The van der Waals surface area contributed by atoms with E-state index in [2.05, 4.69) is 5.32 Å². The average molecular weight is 696 g/mol. The molecule has 2 fully saturated rings. The van der Waals surface area contributed by atoms with Gasteiger partial charge in [0.15, 0.2) is 0 Å². The number of anilines is 1. The van der Waals surface area contributed by atoms with E-state index in [0.29, 0.717) is 17.1 Å². The van der Waals surface area contributed by atoms with Gasteiger partial charge in [0.05, 0.1) is 36.6 Å². The van der Waals surface area contributed by atoms with Crippen molar-refractivity contribution in [2.75, 3.05) is 24.7 Å². The van der Waals surface area contributed by atoms with Crippen molar-refractivity contribution in [1.29, 1.82) is 0 Å². The fourth-order valence-electron chi connectivity index (χ4n) is 7.73. The van der Waals surface area contributed by atoms with Crippen LogP contribution in [0.4, 0.5) is 5.69 Å². The predicted molar refractivity (Wildman–Crippen MR) is 186 cm³/mol. The van der Waals surface area contributed by atoms with Gasteiger partial charge in [0, 0.05) is 23.7 Å². The number of carbonyl (C=O) groups is 4. The van der Waals surface area contributed by atoms with E-state index in [4.69, 9.17) is 21.1 Å². The Hall–Kier alpha value is -4.77. The summed E-state index contributed by atoms with van der Waals surface area (Å²) in [5.74, 6) is -3.79. The lowest BCUT2D eigenvalue weighted by molar-refractivity contribution is -0.146. The Labute approximate surface area is 295 Å². The molecule has 2 saturated heterocycles. The lowest BCUT2D eigenvalue weighted by Gasteiger charge is -2.39. The molecule has 11 heteroatoms. The monoisotopic (exact) mass is 695 g/mol. The van der Waals surface area contributed by atoms with Crippen LogP contribution in [-0.2, 0) is 35.1 Å². The molecule has 50 heavy (non-hydrogen) atoms. The summed E-state index contributed by atoms with van der Waals surface area (Å²) in [6, 6.07) is 22.8. The third-order valence-corrected chi connectivity index (χ3v) is 10.3. The molecular formula is C39H38ClN3O7. The number of aliphatic hydroxyl groups is 1. The van der Waals surface area contributed by atoms with Gasteiger partial charge in [-0.3, -0.25) is 19.2 Å². The van der Waals surface area contributed by atoms with Gasteiger partial charge < -0.3 is 29.7 Å². The number of cyclic esters (lactones) is 1. The van der Waals surface area contributed by atoms with Crippen molar-refractivity contribution in [1.82, 2.24) is 10.2 Å². The molecule has 3 aromatic carbocycles. The van der Waals surface area contributed by atoms with Crippen molar-refractivity contribution in [3.8, 4) is 0 Å². The Bertz CT molecular complexity index is 1800. The SMILES string of the molecule is O=C1CC/C=C\CN(c2ccc(Cl)cc2)C(=O)[C@H]2N([C@@H](CO)Cc3ccccc3)C(=O)[C@@H]3[C@@H](C(=O)N[C@@H](c4ccccc4)CO1)[C@H]1C=C[C@]32O1. The molecule has 0 aromatic heterocycles. The second-order valence-corrected chi connectivity index (χ2v) is 13.5. The van der Waals surface area contributed by atoms with Crippen LogP contribution in [0.1, 0.15) is 30.0 Å². The number of benzene rings is 3. The number of allylic oxidation sites excluding steroid dienone is 1. The van der Waals surface area contributed by atoms with Crippen molar-refractivity contribution in [2.45, 2.75) is 49.1 Å². The van der Waals surface area contributed by atoms with Gasteiger partial charge in [0.25, 0.3) is 5.91 Å². The van der Waals surface area contributed by atoms with E-state index in [1.807, 2.05) is 66.7 Å². The highest BCUT2D eigenvalue weighted by Crippen LogP contribution is 2.56. The molecule has 4 aliphatic heterocycles. The first-order valence-electron chi connectivity index (χ1n) is 16.9. The van der Waals surface area contributed by atoms with E-state index < -0.39 is 72.0 Å². The predicted octanol–water partition coefficient (Wildman–Crippen LogP) is 4.18. The molecule has 2 N–H and O–H groups in total. The number of likely N-dealkylation sites (tertiary alicyclic amines) is 1. The average Bonchev–Trinajstić information content (AvgIpc) is 3.78. The fourth-order valence-corrected chi connectivity index (χ4v) is 7.86. The van der Waals surface area contributed by atoms with Gasteiger partial charge in [-0.15, -0.1) is 0 Å². The standard InChI is InChI=1S/C39H38ClN3O7/c40-27-15-17-28(18-16-27)42-21-9-3-8-14-32(45)49-24-30(26-12-6-2-7-13-26)41-36(46)33-31-19-20-39(50-31)34(33)37(47)43(35(39)38(42)48)29(23-44)22-25-10-4-1-5-11-25/h1-7,9-13,15-20,29-31,33-35,44H,8,14,21-24H2,(H,41,46)/b9-3-/t29-,30-,31-,33+,34+,35-,39+/m1/s1. The van der Waals surface area contributed by atoms with Gasteiger partial charge in [-0.05, 0) is 48.2 Å². The topological polar surface area (TPSA) is 125 Å². The van der Waals surface area contributed by atoms with Crippen molar-refractivity contribution in [2.24, 2.45) is 11.8 Å². The highest BCUT2D eigenvalue weighted by atomic mass is 35.5. The second-order valence-electron chi connectivity index (χ2n) is 13.1. The van der Waals surface area contributed by atoms with Gasteiger partial charge in [0.2, 0.25) is 11.8 Å². The Balaban J connectivity index is 1.33. The zero-order valence-corrected chi connectivity index (χ0v) is 28.0. The number of nitrogens with one attached hydrogen (secondary N) is 1. The minimum Gasteiger partial charge on any atom is -0.463 e. The summed E-state index contributed by atoms with van der Waals surface area (Å²) in [5.41, 5.74) is 0.674. The zero-order chi connectivity index (χ0) is 34.8. The molecule has 1 spiro atoms. The van der Waals surface area contributed by atoms with E-state index in [1.54, 1.807) is 47.4 Å². The summed E-state index contributed by atoms with van der Waals surface area (Å²) in [6.45, 7) is -0.401. The van der Waals surface area contributed by atoms with Crippen molar-refractivity contribution < 1.29 is 33.8 Å². The number of ether oxygens (including phenoxy) is 2. The number of hydrogen-bond acceptors (Lipinski definition) is 7. The molecule has 4 heterocycles. The third kappa shape index (κ3) is 6.23. The Kier molecular flexibility index (Phi) is 9.59. The number of amides is 3. The molecule has 4 aliphatic rings. The summed E-state index contributed by atoms with van der Waals surface area (Å²) >= 11 is 6.22. The quantitative estimate of drug-likeness (QED) is 0.293. The largest absolute Gasteiger partial charge is 0.463 e. The van der Waals surface area contributed by atoms with Gasteiger partial charge in [-0.2, -0.15) is 0 Å². The number of esters is 1. The van der Waals surface area contributed by atoms with Crippen LogP contribution in [0.5, 0.6) is 0 Å². The maximum atomic E-state index is 15.1. The number of rotatable bonds is 6. The van der Waals surface area contributed by atoms with Crippen LogP contribution >= 0.6 is 11.6 Å². The number of carbonyl (C=O) groups excluding carboxylic acids is 4. The van der Waals surface area contributed by atoms with E-state index >= 15 is 4.79 Å². The summed E-state index contributed by atoms with van der Waals surface area (Å²) in [4.78, 5) is 60.0. The molecule has 0 saturated carbocycles. The number of fused-ring (bicyclic) bond motifs is 2. The Morgan fingerprint density at radius 3 is 2.36 bits per heavy atom. The highest BCUT2D eigenvalue weighted by Gasteiger charge is 2.73. The number of nitrogens with zero attached hydrogens (tertiary/aromatic N) is 2. The van der Waals surface area contributed by atoms with Crippen molar-refractivity contribution in [3.05, 3.63) is 125 Å². The van der Waals surface area contributed by atoms with Gasteiger partial charge in [-0.1, -0.05) is 96.6 Å². The minimum atomic E-state index is -1.47. The first-order valence-corrected chi connectivity index (χ1v) is 17.3. The van der Waals surface area contributed by atoms with Crippen molar-refractivity contribution >= 4 is 41.0 Å². The smallest absolute Gasteiger partial charge is 0.306 e. The lowest BCUT2D eigenvalue weighted by Crippen LogP contribution is -2.59. The molecule has 258 valence electrons. The van der Waals surface area contributed by atoms with Crippen LogP contribution in [0.3, 0.4) is 0 Å². The molecule has 7 rings (SSSR count). The molecule has 3 amide bonds.